The van der Waals surface area contributed by atoms with Gasteiger partial charge in [-0.15, -0.1) is 0 Å². The number of ketones is 1. The molecule has 0 heterocycles. The number of rotatable bonds is 3. The SMILES string of the molecule is C/C=C/C(=O)O.C/C=C/C(=O)OC(C)C(C)(C)C.CC(=O)C(C)(C)C.CC(O)C(C)(C)C.[B].[H-].[Na+]. The van der Waals surface area contributed by atoms with Crippen molar-refractivity contribution in [2.24, 2.45) is 16.2 Å². The molecule has 0 rings (SSSR count). The molecule has 0 saturated heterocycles. The predicted molar refractivity (Wildman–Crippen MR) is 140 cm³/mol. The van der Waals surface area contributed by atoms with Gasteiger partial charge in [-0.25, -0.2) is 9.59 Å². The minimum absolute atomic E-state index is 0. The first-order chi connectivity index (χ1) is 14.0. The number of hydrogen-bond donors (Lipinski definition) is 2. The van der Waals surface area contributed by atoms with Gasteiger partial charge in [0.15, 0.2) is 0 Å². The van der Waals surface area contributed by atoms with Gasteiger partial charge in [0.05, 0.1) is 6.10 Å². The molecule has 0 saturated carbocycles. The number of carbonyl (C=O) groups is 3. The summed E-state index contributed by atoms with van der Waals surface area (Å²) in [6.45, 7) is 26.7. The number of aliphatic hydroxyl groups excluding tert-OH is 1. The first kappa shape index (κ1) is 46.5. The Hall–Kier alpha value is -0.885. The zero-order valence-corrected chi connectivity index (χ0v) is 26.6. The van der Waals surface area contributed by atoms with Crippen molar-refractivity contribution in [3.05, 3.63) is 24.3 Å². The molecule has 2 atom stereocenters. The fraction of sp³-hybridized carbons (Fsp3) is 0.731. The van der Waals surface area contributed by atoms with Crippen LogP contribution in [0.25, 0.3) is 0 Å². The molecule has 2 N–H and O–H groups in total. The maximum Gasteiger partial charge on any atom is 1.00 e. The van der Waals surface area contributed by atoms with Gasteiger partial charge in [0.1, 0.15) is 11.9 Å². The van der Waals surface area contributed by atoms with Crippen molar-refractivity contribution < 1.29 is 60.3 Å². The number of ether oxygens (including phenoxy) is 1. The van der Waals surface area contributed by atoms with Gasteiger partial charge in [0.25, 0.3) is 0 Å². The summed E-state index contributed by atoms with van der Waals surface area (Å²) in [5.41, 5.74) is -0.0722. The van der Waals surface area contributed by atoms with Crippen molar-refractivity contribution in [2.45, 2.75) is 109 Å². The summed E-state index contributed by atoms with van der Waals surface area (Å²) in [4.78, 5) is 31.0. The van der Waals surface area contributed by atoms with Crippen LogP contribution in [0.3, 0.4) is 0 Å². The molecule has 0 bridgehead atoms. The van der Waals surface area contributed by atoms with Crippen LogP contribution in [0.15, 0.2) is 24.3 Å². The molecular formula is C26H51BNaO6. The smallest absolute Gasteiger partial charge is 1.00 e. The molecule has 0 aliphatic rings. The third kappa shape index (κ3) is 38.4. The molecule has 0 fully saturated rings. The third-order valence-corrected chi connectivity index (χ3v) is 4.43. The Morgan fingerprint density at radius 3 is 1.24 bits per heavy atom. The minimum atomic E-state index is -0.891. The molecule has 0 aromatic heterocycles. The summed E-state index contributed by atoms with van der Waals surface area (Å²) in [5.74, 6) is -0.912. The van der Waals surface area contributed by atoms with Gasteiger partial charge in [0, 0.05) is 26.0 Å². The van der Waals surface area contributed by atoms with Crippen molar-refractivity contribution in [2.75, 3.05) is 0 Å². The molecule has 0 aromatic rings. The average molecular weight is 493 g/mol. The van der Waals surface area contributed by atoms with Gasteiger partial charge in [-0.05, 0) is 45.4 Å². The van der Waals surface area contributed by atoms with Crippen molar-refractivity contribution in [1.29, 1.82) is 0 Å². The Morgan fingerprint density at radius 1 is 0.824 bits per heavy atom. The van der Waals surface area contributed by atoms with E-state index in [0.29, 0.717) is 0 Å². The molecule has 195 valence electrons. The van der Waals surface area contributed by atoms with E-state index in [4.69, 9.17) is 14.9 Å². The largest absolute Gasteiger partial charge is 1.00 e. The second-order valence-electron chi connectivity index (χ2n) is 10.6. The first-order valence-corrected chi connectivity index (χ1v) is 10.9. The minimum Gasteiger partial charge on any atom is -1.00 e. The van der Waals surface area contributed by atoms with Crippen LogP contribution in [0.1, 0.15) is 98.4 Å². The Kier molecular flexibility index (Phi) is 30.8. The molecule has 2 unspecified atom stereocenters. The molecule has 0 aromatic carbocycles. The Balaban J connectivity index is -0.0000000604. The van der Waals surface area contributed by atoms with Crippen molar-refractivity contribution in [1.82, 2.24) is 0 Å². The van der Waals surface area contributed by atoms with Crippen molar-refractivity contribution >= 4 is 26.1 Å². The second-order valence-corrected chi connectivity index (χ2v) is 10.6. The van der Waals surface area contributed by atoms with Crippen molar-refractivity contribution in [3.8, 4) is 0 Å². The van der Waals surface area contributed by atoms with Gasteiger partial charge < -0.3 is 16.4 Å². The van der Waals surface area contributed by atoms with Crippen LogP contribution in [0.5, 0.6) is 0 Å². The third-order valence-electron chi connectivity index (χ3n) is 4.43. The van der Waals surface area contributed by atoms with E-state index in [9.17, 15) is 14.4 Å². The Labute approximate surface area is 235 Å². The number of carboxylic acids is 1. The maximum absolute atomic E-state index is 11.0. The standard InChI is InChI=1S/C10H18O2.C6H14O.C6H12O.C4H6O2.B.Na.H/c1-6-7-9(11)12-8(2)10(3,4)5;2*1-5(7)6(2,3)4;1-2-3-4(5)6;;;/h6-8H,1-5H3;5,7H,1-4H3;1-4H3;2-3H,1H3,(H,5,6);;;/q;;;;;+1;-1/b7-6+;;;3-2+;;;. The summed E-state index contributed by atoms with van der Waals surface area (Å²) in [5, 5.41) is 16.7. The van der Waals surface area contributed by atoms with Crippen LogP contribution < -0.4 is 29.6 Å². The summed E-state index contributed by atoms with van der Waals surface area (Å²) in [6.07, 6.45) is 5.41. The van der Waals surface area contributed by atoms with Crippen LogP contribution in [0.4, 0.5) is 0 Å². The summed E-state index contributed by atoms with van der Waals surface area (Å²) >= 11 is 0. The fourth-order valence-electron chi connectivity index (χ4n) is 0.669. The number of hydrogen-bond acceptors (Lipinski definition) is 5. The fourth-order valence-corrected chi connectivity index (χ4v) is 0.669. The molecule has 8 heteroatoms. The van der Waals surface area contributed by atoms with E-state index in [2.05, 4.69) is 0 Å². The molecule has 0 spiro atoms. The van der Waals surface area contributed by atoms with Crippen LogP contribution in [0, 0.1) is 16.2 Å². The van der Waals surface area contributed by atoms with E-state index in [1.165, 1.54) is 12.2 Å². The zero-order chi connectivity index (χ0) is 26.9. The Morgan fingerprint density at radius 2 is 1.12 bits per heavy atom. The van der Waals surface area contributed by atoms with Gasteiger partial charge in [-0.1, -0.05) is 74.5 Å². The van der Waals surface area contributed by atoms with Crippen molar-refractivity contribution in [3.63, 3.8) is 0 Å². The van der Waals surface area contributed by atoms with Crippen LogP contribution >= 0.6 is 0 Å². The molecule has 0 aliphatic carbocycles. The molecule has 0 aliphatic heterocycles. The number of carbonyl (C=O) groups excluding carboxylic acids is 2. The molecule has 3 radical (unpaired) electrons. The predicted octanol–water partition coefficient (Wildman–Crippen LogP) is 2.96. The van der Waals surface area contributed by atoms with E-state index >= 15 is 0 Å². The zero-order valence-electron chi connectivity index (χ0n) is 25.6. The van der Waals surface area contributed by atoms with Crippen LogP contribution in [-0.4, -0.2) is 48.6 Å². The van der Waals surface area contributed by atoms with E-state index in [-0.39, 0.29) is 79.6 Å². The van der Waals surface area contributed by atoms with Crippen LogP contribution in [0.2, 0.25) is 0 Å². The van der Waals surface area contributed by atoms with Gasteiger partial charge in [-0.3, -0.25) is 4.79 Å². The van der Waals surface area contributed by atoms with E-state index in [1.54, 1.807) is 33.8 Å². The quantitative estimate of drug-likeness (QED) is 0.356. The molecule has 6 nitrogen and oxygen atoms in total. The van der Waals surface area contributed by atoms with E-state index in [1.807, 2.05) is 69.2 Å². The molecule has 34 heavy (non-hydrogen) atoms. The van der Waals surface area contributed by atoms with Crippen LogP contribution in [-0.2, 0) is 19.1 Å². The summed E-state index contributed by atoms with van der Waals surface area (Å²) < 4.78 is 5.13. The number of carboxylic acid groups (broad SMARTS) is 1. The monoisotopic (exact) mass is 493 g/mol. The first-order valence-electron chi connectivity index (χ1n) is 10.9. The normalized spacial score (nSPS) is 12.7. The Bertz CT molecular complexity index is 598. The second kappa shape index (κ2) is 22.6. The number of Topliss-reactive ketones (excluding diaryl/α,β-unsaturated/α-hetero) is 1. The van der Waals surface area contributed by atoms with Gasteiger partial charge >= 0.3 is 41.5 Å². The van der Waals surface area contributed by atoms with Gasteiger partial charge in [0.2, 0.25) is 0 Å². The van der Waals surface area contributed by atoms with E-state index in [0.717, 1.165) is 6.08 Å². The molecular weight excluding hydrogens is 442 g/mol. The number of aliphatic carboxylic acids is 1. The number of aliphatic hydroxyl groups is 1. The number of allylic oxidation sites excluding steroid dienone is 2. The van der Waals surface area contributed by atoms with Gasteiger partial charge in [-0.2, -0.15) is 0 Å². The summed E-state index contributed by atoms with van der Waals surface area (Å²) in [6, 6.07) is 0. The number of esters is 1. The topological polar surface area (TPSA) is 101 Å². The average Bonchev–Trinajstić information content (AvgIpc) is 2.53. The summed E-state index contributed by atoms with van der Waals surface area (Å²) in [7, 11) is 0. The molecule has 0 amide bonds. The van der Waals surface area contributed by atoms with E-state index < -0.39 is 5.97 Å². The maximum atomic E-state index is 11.0.